The molecule has 0 saturated heterocycles. The number of hydrogen-bond acceptors (Lipinski definition) is 5. The highest BCUT2D eigenvalue weighted by atomic mass is 79.9. The Kier molecular flexibility index (Phi) is 2.95. The van der Waals surface area contributed by atoms with Gasteiger partial charge in [-0.05, 0) is 35.0 Å². The number of carbonyl (C=O) groups is 1. The van der Waals surface area contributed by atoms with Gasteiger partial charge in [0.15, 0.2) is 5.82 Å². The number of aromatic nitrogens is 3. The monoisotopic (exact) mass is 282 g/mol. The smallest absolute Gasteiger partial charge is 0.315 e. The Morgan fingerprint density at radius 2 is 2.31 bits per heavy atom. The summed E-state index contributed by atoms with van der Waals surface area (Å²) in [6, 6.07) is 3.37. The average Bonchev–Trinajstić information content (AvgIpc) is 2.65. The second kappa shape index (κ2) is 4.40. The maximum Gasteiger partial charge on any atom is 0.328 e. The molecule has 0 aromatic carbocycles. The summed E-state index contributed by atoms with van der Waals surface area (Å²) < 4.78 is 5.55. The summed E-state index contributed by atoms with van der Waals surface area (Å²) in [4.78, 5) is 19.4. The van der Waals surface area contributed by atoms with E-state index in [1.54, 1.807) is 19.1 Å². The fraction of sp³-hybridized carbons (Fsp3) is 0.111. The Balaban J connectivity index is 2.11. The molecule has 2 aromatic heterocycles. The molecule has 16 heavy (non-hydrogen) atoms. The summed E-state index contributed by atoms with van der Waals surface area (Å²) in [5.74, 6) is 0.0650. The van der Waals surface area contributed by atoms with Crippen molar-refractivity contribution in [2.45, 2.75) is 6.92 Å². The van der Waals surface area contributed by atoms with E-state index in [9.17, 15) is 4.79 Å². The van der Waals surface area contributed by atoms with Crippen molar-refractivity contribution in [3.8, 4) is 0 Å². The summed E-state index contributed by atoms with van der Waals surface area (Å²) in [6.07, 6.45) is 1.54. The second-order valence-electron chi connectivity index (χ2n) is 2.96. The molecule has 0 aliphatic heterocycles. The Bertz CT molecular complexity index is 508. The molecule has 0 fully saturated rings. The number of rotatable bonds is 2. The van der Waals surface area contributed by atoms with Crippen LogP contribution in [0.15, 0.2) is 27.3 Å². The van der Waals surface area contributed by atoms with Crippen LogP contribution in [-0.4, -0.2) is 21.0 Å². The van der Waals surface area contributed by atoms with Crippen LogP contribution in [0.3, 0.4) is 0 Å². The lowest BCUT2D eigenvalue weighted by Gasteiger charge is -1.98. The van der Waals surface area contributed by atoms with Gasteiger partial charge in [-0.2, -0.15) is 4.98 Å². The molecule has 7 heteroatoms. The second-order valence-corrected chi connectivity index (χ2v) is 3.88. The van der Waals surface area contributed by atoms with Gasteiger partial charge in [0.1, 0.15) is 5.69 Å². The summed E-state index contributed by atoms with van der Waals surface area (Å²) in [6.45, 7) is 1.66. The van der Waals surface area contributed by atoms with E-state index in [0.29, 0.717) is 5.82 Å². The molecule has 0 bridgehead atoms. The van der Waals surface area contributed by atoms with E-state index in [4.69, 9.17) is 4.52 Å². The Morgan fingerprint density at radius 3 is 2.88 bits per heavy atom. The first-order valence-electron chi connectivity index (χ1n) is 4.38. The normalized spacial score (nSPS) is 10.1. The van der Waals surface area contributed by atoms with Crippen LogP contribution >= 0.6 is 15.9 Å². The molecule has 2 rings (SSSR count). The van der Waals surface area contributed by atoms with Crippen LogP contribution in [0.1, 0.15) is 16.3 Å². The molecule has 1 amide bonds. The predicted octanol–water partition coefficient (Wildman–Crippen LogP) is 1.79. The number of nitrogens with one attached hydrogen (secondary N) is 1. The molecule has 0 aliphatic rings. The van der Waals surface area contributed by atoms with E-state index >= 15 is 0 Å². The van der Waals surface area contributed by atoms with Crippen LogP contribution in [0.5, 0.6) is 0 Å². The van der Waals surface area contributed by atoms with Crippen molar-refractivity contribution < 1.29 is 9.32 Å². The molecule has 82 valence electrons. The van der Waals surface area contributed by atoms with Crippen molar-refractivity contribution in [1.29, 1.82) is 0 Å². The lowest BCUT2D eigenvalue weighted by atomic mass is 10.3. The van der Waals surface area contributed by atoms with Crippen molar-refractivity contribution in [3.63, 3.8) is 0 Å². The van der Waals surface area contributed by atoms with Gasteiger partial charge in [0.2, 0.25) is 0 Å². The van der Waals surface area contributed by atoms with Gasteiger partial charge in [-0.15, -0.1) is 0 Å². The number of halogens is 1. The molecule has 0 spiro atoms. The average molecular weight is 283 g/mol. The fourth-order valence-electron chi connectivity index (χ4n) is 1.02. The van der Waals surface area contributed by atoms with E-state index in [1.807, 2.05) is 0 Å². The highest BCUT2D eigenvalue weighted by Crippen LogP contribution is 2.09. The van der Waals surface area contributed by atoms with Gasteiger partial charge in [-0.3, -0.25) is 10.1 Å². The van der Waals surface area contributed by atoms with E-state index in [0.717, 1.165) is 4.47 Å². The largest absolute Gasteiger partial charge is 0.328 e. The molecule has 0 atom stereocenters. The SMILES string of the molecule is Cc1noc(NC(=O)c2ccc(Br)cn2)n1. The predicted molar refractivity (Wildman–Crippen MR) is 58.9 cm³/mol. The summed E-state index contributed by atoms with van der Waals surface area (Å²) in [5.41, 5.74) is 0.277. The van der Waals surface area contributed by atoms with Crippen LogP contribution in [0.4, 0.5) is 6.01 Å². The Morgan fingerprint density at radius 1 is 1.50 bits per heavy atom. The van der Waals surface area contributed by atoms with Crippen LogP contribution in [0, 0.1) is 6.92 Å². The number of pyridine rings is 1. The number of nitrogens with zero attached hydrogens (tertiary/aromatic N) is 3. The highest BCUT2D eigenvalue weighted by molar-refractivity contribution is 9.10. The maximum absolute atomic E-state index is 11.6. The molecule has 1 N–H and O–H groups in total. The van der Waals surface area contributed by atoms with Crippen LogP contribution in [0.25, 0.3) is 0 Å². The minimum absolute atomic E-state index is 0.0622. The van der Waals surface area contributed by atoms with Crippen LogP contribution in [-0.2, 0) is 0 Å². The zero-order valence-electron chi connectivity index (χ0n) is 8.27. The fourth-order valence-corrected chi connectivity index (χ4v) is 1.25. The Hall–Kier alpha value is -1.76. The third kappa shape index (κ3) is 2.43. The van der Waals surface area contributed by atoms with Gasteiger partial charge in [0, 0.05) is 10.7 Å². The van der Waals surface area contributed by atoms with Crippen LogP contribution < -0.4 is 5.32 Å². The molecule has 2 aromatic rings. The quantitative estimate of drug-likeness (QED) is 0.908. The minimum atomic E-state index is -0.392. The van der Waals surface area contributed by atoms with Crippen molar-refractivity contribution in [2.75, 3.05) is 5.32 Å². The van der Waals surface area contributed by atoms with Crippen LogP contribution in [0.2, 0.25) is 0 Å². The first kappa shape index (κ1) is 10.7. The van der Waals surface area contributed by atoms with Gasteiger partial charge >= 0.3 is 6.01 Å². The molecular formula is C9H7BrN4O2. The molecule has 0 unspecified atom stereocenters. The molecule has 2 heterocycles. The van der Waals surface area contributed by atoms with E-state index < -0.39 is 5.91 Å². The number of aryl methyl sites for hydroxylation is 1. The number of carbonyl (C=O) groups excluding carboxylic acids is 1. The minimum Gasteiger partial charge on any atom is -0.315 e. The Labute approximate surface area is 99.2 Å². The zero-order valence-corrected chi connectivity index (χ0v) is 9.85. The molecule has 0 aliphatic carbocycles. The summed E-state index contributed by atoms with van der Waals surface area (Å²) >= 11 is 3.23. The molecular weight excluding hydrogens is 276 g/mol. The third-order valence-corrected chi connectivity index (χ3v) is 2.18. The first-order chi connectivity index (χ1) is 7.65. The van der Waals surface area contributed by atoms with Crippen molar-refractivity contribution in [2.24, 2.45) is 0 Å². The van der Waals surface area contributed by atoms with E-state index in [1.165, 1.54) is 6.20 Å². The highest BCUT2D eigenvalue weighted by Gasteiger charge is 2.11. The van der Waals surface area contributed by atoms with Gasteiger partial charge in [-0.1, -0.05) is 5.16 Å². The van der Waals surface area contributed by atoms with Crippen molar-refractivity contribution in [1.82, 2.24) is 15.1 Å². The topological polar surface area (TPSA) is 80.9 Å². The van der Waals surface area contributed by atoms with Gasteiger partial charge in [0.05, 0.1) is 0 Å². The molecule has 6 nitrogen and oxygen atoms in total. The lowest BCUT2D eigenvalue weighted by molar-refractivity contribution is 0.101. The zero-order chi connectivity index (χ0) is 11.5. The summed E-state index contributed by atoms with van der Waals surface area (Å²) in [5, 5.41) is 5.99. The number of amides is 1. The van der Waals surface area contributed by atoms with Gasteiger partial charge in [0.25, 0.3) is 5.91 Å². The number of hydrogen-bond donors (Lipinski definition) is 1. The lowest BCUT2D eigenvalue weighted by Crippen LogP contribution is -2.13. The van der Waals surface area contributed by atoms with Crippen molar-refractivity contribution >= 4 is 27.9 Å². The maximum atomic E-state index is 11.6. The van der Waals surface area contributed by atoms with Crippen molar-refractivity contribution in [3.05, 3.63) is 34.3 Å². The first-order valence-corrected chi connectivity index (χ1v) is 5.17. The standard InChI is InChI=1S/C9H7BrN4O2/c1-5-12-9(16-14-5)13-8(15)7-3-2-6(10)4-11-7/h2-4H,1H3,(H,12,13,14,15). The van der Waals surface area contributed by atoms with Gasteiger partial charge in [-0.25, -0.2) is 4.98 Å². The van der Waals surface area contributed by atoms with Gasteiger partial charge < -0.3 is 4.52 Å². The number of anilines is 1. The van der Waals surface area contributed by atoms with E-state index in [2.05, 4.69) is 36.4 Å². The molecule has 0 radical (unpaired) electrons. The third-order valence-electron chi connectivity index (χ3n) is 1.71. The summed E-state index contributed by atoms with van der Waals surface area (Å²) in [7, 11) is 0. The molecule has 0 saturated carbocycles. The van der Waals surface area contributed by atoms with E-state index in [-0.39, 0.29) is 11.7 Å².